The number of morpholine rings is 1. The molecule has 1 aliphatic carbocycles. The van der Waals surface area contributed by atoms with Gasteiger partial charge in [-0.15, -0.1) is 0 Å². The van der Waals surface area contributed by atoms with Crippen molar-refractivity contribution < 1.29 is 33.8 Å². The molecule has 0 unspecified atom stereocenters. The lowest BCUT2D eigenvalue weighted by molar-refractivity contribution is -0.148. The second-order valence-electron chi connectivity index (χ2n) is 11.2. The highest BCUT2D eigenvalue weighted by molar-refractivity contribution is 5.94. The van der Waals surface area contributed by atoms with E-state index in [4.69, 9.17) is 9.47 Å². The monoisotopic (exact) mass is 558 g/mol. The van der Waals surface area contributed by atoms with Crippen molar-refractivity contribution in [3.63, 3.8) is 0 Å². The van der Waals surface area contributed by atoms with Gasteiger partial charge in [-0.3, -0.25) is 14.4 Å². The summed E-state index contributed by atoms with van der Waals surface area (Å²) < 4.78 is 10.3. The van der Waals surface area contributed by atoms with Gasteiger partial charge in [-0.2, -0.15) is 0 Å². The van der Waals surface area contributed by atoms with E-state index in [1.807, 2.05) is 37.3 Å². The van der Waals surface area contributed by atoms with Crippen molar-refractivity contribution in [2.24, 2.45) is 11.8 Å². The third kappa shape index (κ3) is 8.86. The number of nitrogens with one attached hydrogen (secondary N) is 1. The number of methoxy groups -OCH3 is 1. The predicted molar refractivity (Wildman–Crippen MR) is 151 cm³/mol. The Morgan fingerprint density at radius 2 is 1.73 bits per heavy atom. The number of urea groups is 1. The predicted octanol–water partition coefficient (Wildman–Crippen LogP) is 3.85. The molecule has 40 heavy (non-hydrogen) atoms. The molecule has 9 nitrogen and oxygen atoms in total. The van der Waals surface area contributed by atoms with Crippen molar-refractivity contribution >= 4 is 23.6 Å². The van der Waals surface area contributed by atoms with Crippen LogP contribution in [0, 0.1) is 11.8 Å². The molecule has 1 saturated carbocycles. The summed E-state index contributed by atoms with van der Waals surface area (Å²) in [6.07, 6.45) is 4.63. The first-order valence-electron chi connectivity index (χ1n) is 14.8. The second-order valence-corrected chi connectivity index (χ2v) is 11.2. The molecule has 0 spiro atoms. The van der Waals surface area contributed by atoms with E-state index in [1.165, 1.54) is 7.11 Å². The fourth-order valence-corrected chi connectivity index (χ4v) is 5.88. The summed E-state index contributed by atoms with van der Waals surface area (Å²) in [6, 6.07) is 9.12. The van der Waals surface area contributed by atoms with Crippen LogP contribution in [0.1, 0.15) is 76.7 Å². The maximum Gasteiger partial charge on any atom is 0.318 e. The molecule has 1 aromatic carbocycles. The Hall–Kier alpha value is -2.78. The minimum atomic E-state index is -1.38. The summed E-state index contributed by atoms with van der Waals surface area (Å²) in [6.45, 7) is 3.92. The summed E-state index contributed by atoms with van der Waals surface area (Å²) in [5.74, 6) is -2.41. The van der Waals surface area contributed by atoms with Crippen molar-refractivity contribution in [3.8, 4) is 0 Å². The molecule has 1 saturated heterocycles. The summed E-state index contributed by atoms with van der Waals surface area (Å²) in [4.78, 5) is 54.5. The number of hydrogen-bond donors (Lipinski definition) is 2. The Bertz CT molecular complexity index is 971. The van der Waals surface area contributed by atoms with Crippen molar-refractivity contribution in [3.05, 3.63) is 35.9 Å². The fourth-order valence-electron chi connectivity index (χ4n) is 5.88. The number of carbonyl (C=O) groups excluding carboxylic acids is 4. The standard InChI is InChI=1S/C31H46N2O7/c1-3-4-13-24(28(36)26(34)21-25(29(37)39-2)20-23-11-7-5-8-12-23)22-27(35)31(14-9-6-10-15-31)32-30(38)33-16-18-40-19-17-33/h5,7-8,11-12,24-25,28,36H,3-4,6,9-10,13-22H2,1-2H3,(H,32,38)/t24-,25-,28+/m1/s1. The van der Waals surface area contributed by atoms with Crippen LogP contribution in [0.25, 0.3) is 0 Å². The number of esters is 1. The minimum absolute atomic E-state index is 0.00211. The Labute approximate surface area is 238 Å². The van der Waals surface area contributed by atoms with E-state index in [2.05, 4.69) is 5.32 Å². The van der Waals surface area contributed by atoms with Crippen LogP contribution in [-0.4, -0.2) is 78.6 Å². The van der Waals surface area contributed by atoms with Gasteiger partial charge in [-0.25, -0.2) is 4.79 Å². The maximum absolute atomic E-state index is 13.9. The van der Waals surface area contributed by atoms with E-state index in [0.29, 0.717) is 52.0 Å². The highest BCUT2D eigenvalue weighted by Gasteiger charge is 2.43. The topological polar surface area (TPSA) is 122 Å². The average Bonchev–Trinajstić information content (AvgIpc) is 2.99. The Morgan fingerprint density at radius 3 is 2.35 bits per heavy atom. The van der Waals surface area contributed by atoms with Crippen LogP contribution >= 0.6 is 0 Å². The van der Waals surface area contributed by atoms with E-state index in [1.54, 1.807) is 4.90 Å². The molecule has 1 heterocycles. The molecule has 0 aromatic heterocycles. The van der Waals surface area contributed by atoms with Gasteiger partial charge < -0.3 is 24.8 Å². The Morgan fingerprint density at radius 1 is 1.05 bits per heavy atom. The van der Waals surface area contributed by atoms with Crippen LogP contribution in [0.5, 0.6) is 0 Å². The van der Waals surface area contributed by atoms with Crippen LogP contribution in [0.4, 0.5) is 4.79 Å². The van der Waals surface area contributed by atoms with Crippen LogP contribution in [0.2, 0.25) is 0 Å². The SMILES string of the molecule is CCCC[C@H](CC(=O)C1(NC(=O)N2CCOCC2)CCCCC1)[C@H](O)C(=O)C[C@@H](Cc1ccccc1)C(=O)OC. The number of aliphatic hydroxyl groups is 1. The number of carbonyl (C=O) groups is 4. The molecular weight excluding hydrogens is 512 g/mol. The van der Waals surface area contributed by atoms with Crippen molar-refractivity contribution in [2.75, 3.05) is 33.4 Å². The van der Waals surface area contributed by atoms with E-state index in [0.717, 1.165) is 37.7 Å². The van der Waals surface area contributed by atoms with Gasteiger partial charge in [-0.05, 0) is 37.2 Å². The van der Waals surface area contributed by atoms with E-state index >= 15 is 0 Å². The van der Waals surface area contributed by atoms with Crippen LogP contribution in [0.3, 0.4) is 0 Å². The maximum atomic E-state index is 13.9. The summed E-state index contributed by atoms with van der Waals surface area (Å²) in [5.41, 5.74) is -0.101. The molecule has 1 aromatic rings. The molecule has 9 heteroatoms. The largest absolute Gasteiger partial charge is 0.469 e. The minimum Gasteiger partial charge on any atom is -0.469 e. The highest BCUT2D eigenvalue weighted by atomic mass is 16.5. The zero-order valence-corrected chi connectivity index (χ0v) is 24.1. The number of hydrogen-bond acceptors (Lipinski definition) is 7. The normalized spacial score (nSPS) is 19.2. The molecular formula is C31H46N2O7. The van der Waals surface area contributed by atoms with Gasteiger partial charge in [0.1, 0.15) is 11.6 Å². The zero-order valence-electron chi connectivity index (χ0n) is 24.1. The summed E-state index contributed by atoms with van der Waals surface area (Å²) in [7, 11) is 1.29. The molecule has 2 fully saturated rings. The van der Waals surface area contributed by atoms with Gasteiger partial charge in [0.2, 0.25) is 0 Å². The Kier molecular flexibility index (Phi) is 12.6. The first-order chi connectivity index (χ1) is 19.3. The van der Waals surface area contributed by atoms with Crippen LogP contribution in [-0.2, 0) is 30.3 Å². The van der Waals surface area contributed by atoms with Gasteiger partial charge >= 0.3 is 12.0 Å². The van der Waals surface area contributed by atoms with Crippen molar-refractivity contribution in [1.82, 2.24) is 10.2 Å². The lowest BCUT2D eigenvalue weighted by atomic mass is 9.74. The second kappa shape index (κ2) is 15.9. The molecule has 2 N–H and O–H groups in total. The van der Waals surface area contributed by atoms with Crippen molar-refractivity contribution in [1.29, 1.82) is 0 Å². The molecule has 3 rings (SSSR count). The number of rotatable bonds is 14. The number of ketones is 2. The zero-order chi connectivity index (χ0) is 29.0. The van der Waals surface area contributed by atoms with E-state index in [-0.39, 0.29) is 24.7 Å². The number of aliphatic hydroxyl groups excluding tert-OH is 1. The third-order valence-corrected chi connectivity index (χ3v) is 8.34. The van der Waals surface area contributed by atoms with Gasteiger partial charge in [0, 0.05) is 25.9 Å². The number of amides is 2. The molecule has 3 atom stereocenters. The molecule has 2 aliphatic rings. The van der Waals surface area contributed by atoms with E-state index < -0.39 is 35.2 Å². The quantitative estimate of drug-likeness (QED) is 0.333. The number of Topliss-reactive ketones (excluding diaryl/α,β-unsaturated/α-hetero) is 2. The summed E-state index contributed by atoms with van der Waals surface area (Å²) in [5, 5.41) is 14.3. The molecule has 0 bridgehead atoms. The van der Waals surface area contributed by atoms with Crippen LogP contribution in [0.15, 0.2) is 30.3 Å². The number of unbranched alkanes of at least 4 members (excludes halogenated alkanes) is 1. The molecule has 1 aliphatic heterocycles. The molecule has 0 radical (unpaired) electrons. The number of nitrogens with zero attached hydrogens (tertiary/aromatic N) is 1. The van der Waals surface area contributed by atoms with Crippen molar-refractivity contribution in [2.45, 2.75) is 89.2 Å². The first-order valence-corrected chi connectivity index (χ1v) is 14.8. The average molecular weight is 559 g/mol. The third-order valence-electron chi connectivity index (χ3n) is 8.34. The van der Waals surface area contributed by atoms with Crippen LogP contribution < -0.4 is 5.32 Å². The van der Waals surface area contributed by atoms with Gasteiger partial charge in [0.25, 0.3) is 0 Å². The van der Waals surface area contributed by atoms with Gasteiger partial charge in [0.05, 0.1) is 26.2 Å². The lowest BCUT2D eigenvalue weighted by Crippen LogP contribution is -2.60. The number of ether oxygens (including phenoxy) is 2. The molecule has 2 amide bonds. The van der Waals surface area contributed by atoms with Gasteiger partial charge in [-0.1, -0.05) is 69.4 Å². The fraction of sp³-hybridized carbons (Fsp3) is 0.677. The lowest BCUT2D eigenvalue weighted by Gasteiger charge is -2.40. The van der Waals surface area contributed by atoms with E-state index in [9.17, 15) is 24.3 Å². The first kappa shape index (κ1) is 31.7. The highest BCUT2D eigenvalue weighted by Crippen LogP contribution is 2.33. The van der Waals surface area contributed by atoms with Gasteiger partial charge in [0.15, 0.2) is 11.6 Å². The summed E-state index contributed by atoms with van der Waals surface area (Å²) >= 11 is 0. The molecule has 222 valence electrons. The number of benzene rings is 1. The smallest absolute Gasteiger partial charge is 0.318 e. The Balaban J connectivity index is 1.73.